The number of aromatic nitrogens is 4. The fourth-order valence-electron chi connectivity index (χ4n) is 5.09. The van der Waals surface area contributed by atoms with Crippen LogP contribution in [-0.4, -0.2) is 80.9 Å². The molecule has 2 atom stereocenters. The molecule has 308 valence electrons. The van der Waals surface area contributed by atoms with E-state index in [1.807, 2.05) is 0 Å². The lowest BCUT2D eigenvalue weighted by atomic mass is 10.2. The molecular formula is C34H38ClF3N7O10PS. The second-order valence-corrected chi connectivity index (χ2v) is 17.5. The molecule has 2 aliphatic rings. The molecule has 3 heterocycles. The van der Waals surface area contributed by atoms with Crippen molar-refractivity contribution in [1.29, 1.82) is 0 Å². The third-order valence-electron chi connectivity index (χ3n) is 8.00. The summed E-state index contributed by atoms with van der Waals surface area (Å²) in [5.41, 5.74) is 5.24. The molecule has 1 aliphatic heterocycles. The first-order valence-electron chi connectivity index (χ1n) is 16.9. The van der Waals surface area contributed by atoms with Crippen molar-refractivity contribution >= 4 is 64.1 Å². The number of carboxylic acids is 1. The van der Waals surface area contributed by atoms with E-state index in [9.17, 15) is 40.5 Å². The lowest BCUT2D eigenvalue weighted by Gasteiger charge is -2.18. The number of cyclic esters (lactones) is 1. The molecule has 5 N–H and O–H groups in total. The van der Waals surface area contributed by atoms with Crippen molar-refractivity contribution < 1.29 is 60.0 Å². The number of fused-ring (bicyclic) bond motifs is 1. The summed E-state index contributed by atoms with van der Waals surface area (Å²) in [7, 11) is -7.45. The molecule has 1 aliphatic carbocycles. The van der Waals surface area contributed by atoms with Gasteiger partial charge in [-0.25, -0.2) is 32.4 Å². The molecule has 0 spiro atoms. The van der Waals surface area contributed by atoms with Crippen LogP contribution < -0.4 is 20.1 Å². The Morgan fingerprint density at radius 2 is 1.75 bits per heavy atom. The Labute approximate surface area is 329 Å². The number of carbonyl (C=O) groups is 3. The van der Waals surface area contributed by atoms with E-state index in [2.05, 4.69) is 15.1 Å². The number of aliphatic carboxylic acids is 1. The highest BCUT2D eigenvalue weighted by Gasteiger charge is 2.40. The molecule has 2 fully saturated rings. The van der Waals surface area contributed by atoms with E-state index < -0.39 is 69.7 Å². The number of anilines is 2. The number of nitrogens with zero attached hydrogens (tertiary/aromatic N) is 5. The maximum absolute atomic E-state index is 14.3. The van der Waals surface area contributed by atoms with Crippen LogP contribution in [0.15, 0.2) is 59.1 Å². The van der Waals surface area contributed by atoms with Crippen molar-refractivity contribution in [3.05, 3.63) is 82.1 Å². The number of carbonyl (C=O) groups excluding carboxylic acids is 2. The van der Waals surface area contributed by atoms with Crippen molar-refractivity contribution in [3.63, 3.8) is 0 Å². The Morgan fingerprint density at radius 3 is 2.32 bits per heavy atom. The van der Waals surface area contributed by atoms with Crippen LogP contribution in [0.3, 0.4) is 0 Å². The molecule has 2 aromatic carbocycles. The zero-order chi connectivity index (χ0) is 42.4. The maximum atomic E-state index is 14.3. The molecule has 2 aromatic heterocycles. The standard InChI is InChI=1S/C17H17ClFNO4.C12H9F2N5O2S.C5H12NO4P/c1-9(2)15-16(21)20(17(22)24-15)13-8-14(11(18)7-12(13)19)23-10-5-3-4-6-10;1-7-5-6-19-11(15-7)16-12(17-19)22(20,21)18-10-8(13)3-2-4-9(10)14;1-11(9,10)3-2-4(6)5(7)8/h7-8,10H,3-6H2,1-2H3;2-6,18H,1H3;4H,2-3,6H2,1H3,(H,7,8)(H,9,10). The molecule has 1 saturated carbocycles. The minimum atomic E-state index is -4.35. The van der Waals surface area contributed by atoms with Gasteiger partial charge in [-0.1, -0.05) is 17.7 Å². The van der Waals surface area contributed by atoms with Gasteiger partial charge >= 0.3 is 18.0 Å². The Bertz CT molecular complexity index is 2350. The number of halogens is 4. The van der Waals surface area contributed by atoms with Crippen LogP contribution in [0, 0.1) is 24.4 Å². The molecular weight excluding hydrogens is 822 g/mol. The number of nitrogens with two attached hydrogens (primary N) is 1. The first-order valence-corrected chi connectivity index (χ1v) is 21.1. The highest BCUT2D eigenvalue weighted by Crippen LogP contribution is 2.38. The molecule has 23 heteroatoms. The second-order valence-electron chi connectivity index (χ2n) is 13.0. The first kappa shape index (κ1) is 44.6. The van der Waals surface area contributed by atoms with Gasteiger partial charge < -0.3 is 25.2 Å². The summed E-state index contributed by atoms with van der Waals surface area (Å²) >= 11 is 6.04. The second kappa shape index (κ2) is 18.5. The third-order valence-corrected chi connectivity index (χ3v) is 10.5. The number of imide groups is 1. The summed E-state index contributed by atoms with van der Waals surface area (Å²) in [6, 6.07) is 5.90. The molecule has 1 saturated heterocycles. The average Bonchev–Trinajstić information content (AvgIpc) is 3.86. The summed E-state index contributed by atoms with van der Waals surface area (Å²) in [6.07, 6.45) is 4.48. The van der Waals surface area contributed by atoms with Gasteiger partial charge in [-0.15, -0.1) is 5.10 Å². The van der Waals surface area contributed by atoms with E-state index in [1.165, 1.54) is 18.9 Å². The molecule has 0 radical (unpaired) electrons. The monoisotopic (exact) mass is 859 g/mol. The minimum absolute atomic E-state index is 0.00962. The largest absolute Gasteiger partial charge is 0.489 e. The van der Waals surface area contributed by atoms with Crippen LogP contribution in [0.2, 0.25) is 5.02 Å². The number of benzene rings is 2. The fourth-order valence-corrected chi connectivity index (χ4v) is 6.99. The summed E-state index contributed by atoms with van der Waals surface area (Å²) in [5, 5.41) is 11.5. The number of sulfonamides is 1. The van der Waals surface area contributed by atoms with Crippen LogP contribution in [0.1, 0.15) is 51.6 Å². The number of rotatable bonds is 10. The first-order chi connectivity index (χ1) is 26.6. The number of aryl methyl sites for hydroxylation is 1. The SMILES string of the molecule is CC(C)=C1OC(=O)N(c2cc(OC3CCCC3)c(Cl)cc2F)C1=O.CP(=O)(O)CCC(N)C(=O)O.Cc1ccn2nc(S(=O)(=O)Nc3c(F)cccc3F)nc2n1. The van der Waals surface area contributed by atoms with Gasteiger partial charge in [0.15, 0.2) is 13.1 Å². The van der Waals surface area contributed by atoms with Crippen molar-refractivity contribution in [1.82, 2.24) is 19.6 Å². The highest BCUT2D eigenvalue weighted by atomic mass is 35.5. The van der Waals surface area contributed by atoms with Gasteiger partial charge in [-0.2, -0.15) is 13.4 Å². The molecule has 0 bridgehead atoms. The number of para-hydroxylation sites is 1. The van der Waals surface area contributed by atoms with Gasteiger partial charge in [-0.3, -0.25) is 18.9 Å². The highest BCUT2D eigenvalue weighted by molar-refractivity contribution is 7.92. The Morgan fingerprint density at radius 1 is 1.12 bits per heavy atom. The van der Waals surface area contributed by atoms with Gasteiger partial charge in [0.1, 0.15) is 34.9 Å². The Balaban J connectivity index is 0.000000203. The molecule has 4 aromatic rings. The van der Waals surface area contributed by atoms with Crippen LogP contribution in [0.5, 0.6) is 5.75 Å². The van der Waals surface area contributed by atoms with Gasteiger partial charge in [0.25, 0.3) is 21.0 Å². The predicted octanol–water partition coefficient (Wildman–Crippen LogP) is 5.78. The maximum Gasteiger partial charge on any atom is 0.427 e. The predicted molar refractivity (Wildman–Crippen MR) is 200 cm³/mol. The van der Waals surface area contributed by atoms with E-state index in [0.29, 0.717) is 16.2 Å². The van der Waals surface area contributed by atoms with Crippen LogP contribution in [0.25, 0.3) is 5.78 Å². The van der Waals surface area contributed by atoms with Gasteiger partial charge in [0, 0.05) is 30.8 Å². The number of hydrogen-bond donors (Lipinski definition) is 4. The zero-order valence-corrected chi connectivity index (χ0v) is 33.2. The van der Waals surface area contributed by atoms with Crippen molar-refractivity contribution in [3.8, 4) is 5.75 Å². The van der Waals surface area contributed by atoms with Crippen molar-refractivity contribution in [2.75, 3.05) is 22.4 Å². The zero-order valence-electron chi connectivity index (χ0n) is 30.8. The van der Waals surface area contributed by atoms with E-state index in [4.69, 9.17) is 36.8 Å². The third kappa shape index (κ3) is 11.7. The fraction of sp³-hybridized carbons (Fsp3) is 0.353. The summed E-state index contributed by atoms with van der Waals surface area (Å²) < 4.78 is 90.0. The topological polar surface area (TPSA) is 246 Å². The van der Waals surface area contributed by atoms with Crippen molar-refractivity contribution in [2.45, 2.75) is 70.2 Å². The van der Waals surface area contributed by atoms with Gasteiger partial charge in [0.2, 0.25) is 0 Å². The molecule has 6 rings (SSSR count). The number of hydrogen-bond acceptors (Lipinski definition) is 12. The number of amides is 2. The van der Waals surface area contributed by atoms with Gasteiger partial charge in [0.05, 0.1) is 16.8 Å². The summed E-state index contributed by atoms with van der Waals surface area (Å²) in [4.78, 5) is 51.6. The lowest BCUT2D eigenvalue weighted by molar-refractivity contribution is -0.138. The van der Waals surface area contributed by atoms with E-state index >= 15 is 0 Å². The van der Waals surface area contributed by atoms with E-state index in [1.54, 1.807) is 31.6 Å². The summed E-state index contributed by atoms with van der Waals surface area (Å²) in [6.45, 7) is 6.16. The van der Waals surface area contributed by atoms with E-state index in [0.717, 1.165) is 54.5 Å². The number of nitrogens with one attached hydrogen (secondary N) is 1. The molecule has 2 unspecified atom stereocenters. The normalized spacial score (nSPS) is 15.9. The average molecular weight is 860 g/mol. The Hall–Kier alpha value is -5.08. The Kier molecular flexibility index (Phi) is 14.5. The lowest BCUT2D eigenvalue weighted by Crippen LogP contribution is -2.30. The molecule has 57 heavy (non-hydrogen) atoms. The molecule has 17 nitrogen and oxygen atoms in total. The van der Waals surface area contributed by atoms with Crippen LogP contribution in [0.4, 0.5) is 29.3 Å². The van der Waals surface area contributed by atoms with Gasteiger partial charge in [-0.05, 0) is 82.7 Å². The minimum Gasteiger partial charge on any atom is -0.489 e. The summed E-state index contributed by atoms with van der Waals surface area (Å²) in [5.74, 6) is -4.48. The number of ether oxygens (including phenoxy) is 2. The van der Waals surface area contributed by atoms with Crippen LogP contribution in [-0.2, 0) is 28.9 Å². The van der Waals surface area contributed by atoms with Crippen molar-refractivity contribution in [2.24, 2.45) is 5.73 Å². The smallest absolute Gasteiger partial charge is 0.427 e. The number of carboxylic acid groups (broad SMARTS) is 1. The quantitative estimate of drug-likeness (QED) is 0.109. The molecule has 2 amide bonds. The van der Waals surface area contributed by atoms with Crippen LogP contribution >= 0.6 is 19.0 Å². The number of allylic oxidation sites excluding steroid dienone is 1. The van der Waals surface area contributed by atoms with E-state index in [-0.39, 0.29) is 46.7 Å².